The summed E-state index contributed by atoms with van der Waals surface area (Å²) in [5.41, 5.74) is 7.69. The van der Waals surface area contributed by atoms with Crippen LogP contribution in [0, 0.1) is 11.7 Å². The van der Waals surface area contributed by atoms with Gasteiger partial charge in [0.1, 0.15) is 17.4 Å². The fourth-order valence-corrected chi connectivity index (χ4v) is 4.24. The Labute approximate surface area is 185 Å². The Balaban J connectivity index is 1.28. The van der Waals surface area contributed by atoms with E-state index < -0.39 is 0 Å². The molecule has 162 valence electrons. The molecule has 2 heterocycles. The van der Waals surface area contributed by atoms with Gasteiger partial charge in [0.2, 0.25) is 0 Å². The summed E-state index contributed by atoms with van der Waals surface area (Å²) in [5.74, 6) is 1.38. The van der Waals surface area contributed by atoms with Crippen molar-refractivity contribution in [3.63, 3.8) is 0 Å². The van der Waals surface area contributed by atoms with Gasteiger partial charge >= 0.3 is 0 Å². The molecular formula is C24H26FN3O2S. The highest BCUT2D eigenvalue weighted by atomic mass is 32.1. The molecule has 0 spiro atoms. The molecule has 31 heavy (non-hydrogen) atoms. The van der Waals surface area contributed by atoms with Crippen LogP contribution < -0.4 is 15.8 Å². The number of rotatable bonds is 9. The molecule has 2 atom stereocenters. The zero-order valence-electron chi connectivity index (χ0n) is 17.2. The highest BCUT2D eigenvalue weighted by Gasteiger charge is 2.27. The van der Waals surface area contributed by atoms with E-state index in [4.69, 9.17) is 15.2 Å². The maximum absolute atomic E-state index is 13.3. The van der Waals surface area contributed by atoms with E-state index in [-0.39, 0.29) is 11.9 Å². The summed E-state index contributed by atoms with van der Waals surface area (Å²) < 4.78 is 25.2. The van der Waals surface area contributed by atoms with Crippen molar-refractivity contribution in [2.75, 3.05) is 19.8 Å². The summed E-state index contributed by atoms with van der Waals surface area (Å²) in [6, 6.07) is 18.3. The number of aliphatic imine (C=N–C) groups is 1. The van der Waals surface area contributed by atoms with Crippen LogP contribution in [0.2, 0.25) is 0 Å². The minimum atomic E-state index is -0.241. The lowest BCUT2D eigenvalue weighted by Crippen LogP contribution is -2.34. The van der Waals surface area contributed by atoms with E-state index in [1.165, 1.54) is 12.1 Å². The third kappa shape index (κ3) is 6.13. The number of hydrogen-bond acceptors (Lipinski definition) is 5. The number of thiophene rings is 1. The number of nitrogens with zero attached hydrogens (tertiary/aromatic N) is 1. The van der Waals surface area contributed by atoms with Crippen molar-refractivity contribution in [3.05, 3.63) is 82.3 Å². The number of nitrogens with two attached hydrogens (primary N) is 1. The van der Waals surface area contributed by atoms with Gasteiger partial charge in [0.05, 0.1) is 30.4 Å². The van der Waals surface area contributed by atoms with Crippen LogP contribution in [-0.4, -0.2) is 31.6 Å². The maximum Gasteiger partial charge on any atom is 0.141 e. The molecule has 0 unspecified atom stereocenters. The van der Waals surface area contributed by atoms with Crippen LogP contribution in [0.25, 0.3) is 0 Å². The molecule has 0 radical (unpaired) electrons. The van der Waals surface area contributed by atoms with Gasteiger partial charge in [-0.3, -0.25) is 0 Å². The van der Waals surface area contributed by atoms with Crippen molar-refractivity contribution in [1.29, 1.82) is 0 Å². The SMILES string of the molecule is NC(=Nc1cccc(OC[C@H]2CCN[C@@H]2COCc2cccc(F)c2)c1)c1cccs1. The second-order valence-electron chi connectivity index (χ2n) is 7.54. The Kier molecular flexibility index (Phi) is 7.30. The van der Waals surface area contributed by atoms with Crippen molar-refractivity contribution in [1.82, 2.24) is 5.32 Å². The lowest BCUT2D eigenvalue weighted by atomic mass is 10.0. The van der Waals surface area contributed by atoms with E-state index in [9.17, 15) is 4.39 Å². The van der Waals surface area contributed by atoms with E-state index in [0.29, 0.717) is 31.6 Å². The highest BCUT2D eigenvalue weighted by Crippen LogP contribution is 2.24. The second kappa shape index (κ2) is 10.5. The smallest absolute Gasteiger partial charge is 0.141 e. The van der Waals surface area contributed by atoms with Gasteiger partial charge in [-0.25, -0.2) is 9.38 Å². The molecule has 0 amide bonds. The summed E-state index contributed by atoms with van der Waals surface area (Å²) in [5, 5.41) is 5.45. The zero-order chi connectivity index (χ0) is 21.5. The third-order valence-corrected chi connectivity index (χ3v) is 6.14. The van der Waals surface area contributed by atoms with Gasteiger partial charge in [-0.15, -0.1) is 11.3 Å². The number of amidine groups is 1. The largest absolute Gasteiger partial charge is 0.493 e. The van der Waals surface area contributed by atoms with Crippen molar-refractivity contribution in [3.8, 4) is 5.75 Å². The Morgan fingerprint density at radius 1 is 1.13 bits per heavy atom. The molecule has 2 aromatic carbocycles. The zero-order valence-corrected chi connectivity index (χ0v) is 18.0. The first-order chi connectivity index (χ1) is 15.2. The maximum atomic E-state index is 13.3. The van der Waals surface area contributed by atoms with Gasteiger partial charge in [-0.2, -0.15) is 0 Å². The Bertz CT molecular complexity index is 1010. The molecule has 1 saturated heterocycles. The first-order valence-corrected chi connectivity index (χ1v) is 11.2. The van der Waals surface area contributed by atoms with E-state index in [1.807, 2.05) is 47.8 Å². The van der Waals surface area contributed by atoms with Gasteiger partial charge in [0, 0.05) is 18.0 Å². The second-order valence-corrected chi connectivity index (χ2v) is 8.48. The van der Waals surface area contributed by atoms with Crippen molar-refractivity contribution < 1.29 is 13.9 Å². The minimum absolute atomic E-state index is 0.212. The van der Waals surface area contributed by atoms with Crippen molar-refractivity contribution in [2.45, 2.75) is 19.1 Å². The van der Waals surface area contributed by atoms with Crippen LogP contribution >= 0.6 is 11.3 Å². The Morgan fingerprint density at radius 2 is 2.03 bits per heavy atom. The molecule has 1 aliphatic heterocycles. The molecule has 7 heteroatoms. The van der Waals surface area contributed by atoms with Crippen LogP contribution in [0.3, 0.4) is 0 Å². The Hall–Kier alpha value is -2.74. The highest BCUT2D eigenvalue weighted by molar-refractivity contribution is 7.12. The number of benzene rings is 2. The summed E-state index contributed by atoms with van der Waals surface area (Å²) in [6.07, 6.45) is 1.02. The van der Waals surface area contributed by atoms with Gasteiger partial charge in [0.25, 0.3) is 0 Å². The summed E-state index contributed by atoms with van der Waals surface area (Å²) in [6.45, 7) is 2.49. The minimum Gasteiger partial charge on any atom is -0.493 e. The first-order valence-electron chi connectivity index (χ1n) is 10.3. The number of ether oxygens (including phenoxy) is 2. The van der Waals surface area contributed by atoms with Crippen molar-refractivity contribution in [2.24, 2.45) is 16.6 Å². The van der Waals surface area contributed by atoms with Crippen LogP contribution in [0.1, 0.15) is 16.9 Å². The van der Waals surface area contributed by atoms with Crippen molar-refractivity contribution >= 4 is 22.9 Å². The molecule has 3 N–H and O–H groups in total. The fourth-order valence-electron chi connectivity index (χ4n) is 3.61. The molecule has 0 aliphatic carbocycles. The predicted octanol–water partition coefficient (Wildman–Crippen LogP) is 4.50. The average Bonchev–Trinajstić information content (AvgIpc) is 3.45. The van der Waals surface area contributed by atoms with Gasteiger partial charge in [0.15, 0.2) is 0 Å². The fraction of sp³-hybridized carbons (Fsp3) is 0.292. The first kappa shape index (κ1) is 21.5. The summed E-state index contributed by atoms with van der Waals surface area (Å²) in [7, 11) is 0. The lowest BCUT2D eigenvalue weighted by molar-refractivity contribution is 0.0835. The molecular weight excluding hydrogens is 413 g/mol. The topological polar surface area (TPSA) is 68.9 Å². The number of hydrogen-bond donors (Lipinski definition) is 2. The molecule has 1 aromatic heterocycles. The lowest BCUT2D eigenvalue weighted by Gasteiger charge is -2.20. The van der Waals surface area contributed by atoms with Crippen LogP contribution in [0.4, 0.5) is 10.1 Å². The summed E-state index contributed by atoms with van der Waals surface area (Å²) in [4.78, 5) is 5.45. The van der Waals surface area contributed by atoms with Crippen LogP contribution in [0.5, 0.6) is 5.75 Å². The quantitative estimate of drug-likeness (QED) is 0.381. The molecule has 1 fully saturated rings. The monoisotopic (exact) mass is 439 g/mol. The third-order valence-electron chi connectivity index (χ3n) is 5.25. The average molecular weight is 440 g/mol. The van der Waals surface area contributed by atoms with E-state index in [2.05, 4.69) is 10.3 Å². The summed E-state index contributed by atoms with van der Waals surface area (Å²) >= 11 is 1.56. The number of nitrogens with one attached hydrogen (secondary N) is 1. The van der Waals surface area contributed by atoms with Crippen LogP contribution in [-0.2, 0) is 11.3 Å². The molecule has 4 rings (SSSR count). The van der Waals surface area contributed by atoms with E-state index in [1.54, 1.807) is 17.4 Å². The molecule has 0 bridgehead atoms. The van der Waals surface area contributed by atoms with E-state index >= 15 is 0 Å². The van der Waals surface area contributed by atoms with Gasteiger partial charge in [-0.05, 0) is 54.2 Å². The van der Waals surface area contributed by atoms with Crippen LogP contribution in [0.15, 0.2) is 71.0 Å². The normalized spacial score (nSPS) is 18.9. The van der Waals surface area contributed by atoms with E-state index in [0.717, 1.165) is 34.8 Å². The predicted molar refractivity (Wildman–Crippen MR) is 123 cm³/mol. The molecule has 0 saturated carbocycles. The molecule has 1 aliphatic rings. The number of halogens is 1. The standard InChI is InChI=1S/C24H26FN3O2S/c25-19-5-1-4-17(12-19)14-29-16-22-18(9-10-27-22)15-30-21-7-2-6-20(13-21)28-24(26)23-8-3-11-31-23/h1-8,11-13,18,22,27H,9-10,14-16H2,(H2,26,28)/t18-,22-/m1/s1. The molecule has 5 nitrogen and oxygen atoms in total. The van der Waals surface area contributed by atoms with Gasteiger partial charge < -0.3 is 20.5 Å². The van der Waals surface area contributed by atoms with Gasteiger partial charge in [-0.1, -0.05) is 24.3 Å². The Morgan fingerprint density at radius 3 is 2.87 bits per heavy atom. The molecule has 3 aromatic rings.